The molecule has 20 heavy (non-hydrogen) atoms. The van der Waals surface area contributed by atoms with Gasteiger partial charge in [-0.1, -0.05) is 53.0 Å². The lowest BCUT2D eigenvalue weighted by atomic mass is 9.92. The molecule has 0 bridgehead atoms. The first-order valence-corrected chi connectivity index (χ1v) is 8.14. The molecule has 0 saturated carbocycles. The molecule has 0 unspecified atom stereocenters. The highest BCUT2D eigenvalue weighted by molar-refractivity contribution is 4.89. The number of nitrogens with one attached hydrogen (secondary N) is 2. The SMILES string of the molecule is C=C(CF)NCCCCCCCCNCCC(C)(C)C. The van der Waals surface area contributed by atoms with Crippen molar-refractivity contribution >= 4 is 0 Å². The van der Waals surface area contributed by atoms with Crippen LogP contribution in [0, 0.1) is 5.41 Å². The summed E-state index contributed by atoms with van der Waals surface area (Å²) in [7, 11) is 0. The first kappa shape index (κ1) is 19.4. The summed E-state index contributed by atoms with van der Waals surface area (Å²) in [6.45, 7) is 13.1. The summed E-state index contributed by atoms with van der Waals surface area (Å²) in [6.07, 6.45) is 8.77. The number of hydrogen-bond acceptors (Lipinski definition) is 2. The lowest BCUT2D eigenvalue weighted by molar-refractivity contribution is 0.366. The molecule has 0 aliphatic rings. The van der Waals surface area contributed by atoms with E-state index in [4.69, 9.17) is 0 Å². The fourth-order valence-corrected chi connectivity index (χ4v) is 1.98. The lowest BCUT2D eigenvalue weighted by Crippen LogP contribution is -2.21. The van der Waals surface area contributed by atoms with Crippen LogP contribution in [0.1, 0.15) is 65.7 Å². The molecule has 2 N–H and O–H groups in total. The van der Waals surface area contributed by atoms with Crippen LogP contribution in [0.25, 0.3) is 0 Å². The van der Waals surface area contributed by atoms with Crippen molar-refractivity contribution in [3.05, 3.63) is 12.3 Å². The summed E-state index contributed by atoms with van der Waals surface area (Å²) in [5.74, 6) is 0. The molecule has 120 valence electrons. The van der Waals surface area contributed by atoms with Crippen molar-refractivity contribution in [1.82, 2.24) is 10.6 Å². The summed E-state index contributed by atoms with van der Waals surface area (Å²) in [5.41, 5.74) is 0.945. The summed E-state index contributed by atoms with van der Waals surface area (Å²) in [5, 5.41) is 6.51. The maximum absolute atomic E-state index is 12.1. The minimum absolute atomic E-state index is 0.439. The van der Waals surface area contributed by atoms with Crippen LogP contribution in [-0.4, -0.2) is 26.3 Å². The largest absolute Gasteiger partial charge is 0.387 e. The zero-order chi connectivity index (χ0) is 15.3. The van der Waals surface area contributed by atoms with E-state index in [1.165, 1.54) is 38.5 Å². The van der Waals surface area contributed by atoms with Crippen LogP contribution < -0.4 is 10.6 Å². The maximum Gasteiger partial charge on any atom is 0.128 e. The van der Waals surface area contributed by atoms with Crippen LogP contribution in [0.5, 0.6) is 0 Å². The Bertz CT molecular complexity index is 234. The standard InChI is InChI=1S/C17H35FN2/c1-16(15-18)20-13-10-8-6-5-7-9-12-19-14-11-17(2,3)4/h19-20H,1,5-15H2,2-4H3. The second-order valence-electron chi connectivity index (χ2n) is 6.85. The third-order valence-electron chi connectivity index (χ3n) is 3.37. The predicted octanol–water partition coefficient (Wildman–Crippen LogP) is 4.43. The van der Waals surface area contributed by atoms with E-state index >= 15 is 0 Å². The van der Waals surface area contributed by atoms with Crippen LogP contribution in [0.2, 0.25) is 0 Å². The Hall–Kier alpha value is -0.570. The van der Waals surface area contributed by atoms with Crippen LogP contribution >= 0.6 is 0 Å². The molecule has 0 rings (SSSR count). The zero-order valence-electron chi connectivity index (χ0n) is 13.9. The molecule has 0 atom stereocenters. The maximum atomic E-state index is 12.1. The van der Waals surface area contributed by atoms with Crippen LogP contribution in [-0.2, 0) is 0 Å². The number of unbranched alkanes of at least 4 members (excludes halogenated alkanes) is 5. The summed E-state index contributed by atoms with van der Waals surface area (Å²) in [4.78, 5) is 0. The molecule has 0 aromatic carbocycles. The smallest absolute Gasteiger partial charge is 0.128 e. The topological polar surface area (TPSA) is 24.1 Å². The van der Waals surface area contributed by atoms with Gasteiger partial charge in [0.15, 0.2) is 0 Å². The van der Waals surface area contributed by atoms with E-state index in [1.54, 1.807) is 0 Å². The van der Waals surface area contributed by atoms with Gasteiger partial charge in [0.1, 0.15) is 6.67 Å². The van der Waals surface area contributed by atoms with E-state index < -0.39 is 6.67 Å². The Labute approximate surface area is 125 Å². The van der Waals surface area contributed by atoms with Gasteiger partial charge in [0, 0.05) is 12.2 Å². The molecule has 0 aliphatic carbocycles. The molecular weight excluding hydrogens is 251 g/mol. The summed E-state index contributed by atoms with van der Waals surface area (Å²) in [6, 6.07) is 0. The van der Waals surface area contributed by atoms with Crippen molar-refractivity contribution in [1.29, 1.82) is 0 Å². The molecule has 0 aliphatic heterocycles. The molecule has 0 saturated heterocycles. The van der Waals surface area contributed by atoms with Crippen molar-refractivity contribution in [3.63, 3.8) is 0 Å². The average Bonchev–Trinajstić information content (AvgIpc) is 2.38. The number of alkyl halides is 1. The Morgan fingerprint density at radius 1 is 0.900 bits per heavy atom. The molecule has 0 heterocycles. The minimum Gasteiger partial charge on any atom is -0.387 e. The van der Waals surface area contributed by atoms with Gasteiger partial charge < -0.3 is 10.6 Å². The molecule has 0 aromatic rings. The van der Waals surface area contributed by atoms with E-state index in [2.05, 4.69) is 38.0 Å². The molecule has 0 radical (unpaired) electrons. The van der Waals surface area contributed by atoms with Crippen LogP contribution in [0.3, 0.4) is 0 Å². The van der Waals surface area contributed by atoms with Crippen molar-refractivity contribution in [2.75, 3.05) is 26.3 Å². The molecule has 2 nitrogen and oxygen atoms in total. The monoisotopic (exact) mass is 286 g/mol. The van der Waals surface area contributed by atoms with Gasteiger partial charge >= 0.3 is 0 Å². The predicted molar refractivity (Wildman–Crippen MR) is 87.8 cm³/mol. The van der Waals surface area contributed by atoms with Crippen molar-refractivity contribution in [2.24, 2.45) is 5.41 Å². The Morgan fingerprint density at radius 3 is 2.00 bits per heavy atom. The van der Waals surface area contributed by atoms with Gasteiger partial charge in [-0.25, -0.2) is 4.39 Å². The average molecular weight is 286 g/mol. The van der Waals surface area contributed by atoms with Crippen molar-refractivity contribution in [2.45, 2.75) is 65.7 Å². The molecular formula is C17H35FN2. The third kappa shape index (κ3) is 15.5. The van der Waals surface area contributed by atoms with Gasteiger partial charge in [-0.05, 0) is 37.8 Å². The van der Waals surface area contributed by atoms with Crippen molar-refractivity contribution in [3.8, 4) is 0 Å². The van der Waals surface area contributed by atoms with Gasteiger partial charge in [0.05, 0.1) is 0 Å². The molecule has 3 heteroatoms. The fraction of sp³-hybridized carbons (Fsp3) is 0.882. The van der Waals surface area contributed by atoms with Gasteiger partial charge in [-0.2, -0.15) is 0 Å². The highest BCUT2D eigenvalue weighted by Crippen LogP contribution is 2.16. The lowest BCUT2D eigenvalue weighted by Gasteiger charge is -2.17. The first-order chi connectivity index (χ1) is 9.45. The van der Waals surface area contributed by atoms with Gasteiger partial charge in [0.25, 0.3) is 0 Å². The number of rotatable bonds is 13. The number of hydrogen-bond donors (Lipinski definition) is 2. The van der Waals surface area contributed by atoms with Gasteiger partial charge in [-0.3, -0.25) is 0 Å². The van der Waals surface area contributed by atoms with E-state index in [1.807, 2.05) is 0 Å². The van der Waals surface area contributed by atoms with Gasteiger partial charge in [-0.15, -0.1) is 0 Å². The second kappa shape index (κ2) is 12.2. The Kier molecular flexibility index (Phi) is 11.8. The second-order valence-corrected chi connectivity index (χ2v) is 6.85. The normalized spacial score (nSPS) is 11.6. The summed E-state index contributed by atoms with van der Waals surface area (Å²) < 4.78 is 12.1. The fourth-order valence-electron chi connectivity index (χ4n) is 1.98. The molecule has 0 fully saturated rings. The number of halogens is 1. The van der Waals surface area contributed by atoms with E-state index in [9.17, 15) is 4.39 Å². The summed E-state index contributed by atoms with van der Waals surface area (Å²) >= 11 is 0. The minimum atomic E-state index is -0.456. The van der Waals surface area contributed by atoms with E-state index in [0.29, 0.717) is 11.1 Å². The quantitative estimate of drug-likeness (QED) is 0.490. The molecule has 0 amide bonds. The van der Waals surface area contributed by atoms with E-state index in [0.717, 1.165) is 26.1 Å². The van der Waals surface area contributed by atoms with Crippen LogP contribution in [0.4, 0.5) is 4.39 Å². The molecule has 0 spiro atoms. The van der Waals surface area contributed by atoms with Crippen LogP contribution in [0.15, 0.2) is 12.3 Å². The third-order valence-corrected chi connectivity index (χ3v) is 3.37. The number of allylic oxidation sites excluding steroid dienone is 1. The Morgan fingerprint density at radius 2 is 1.45 bits per heavy atom. The highest BCUT2D eigenvalue weighted by Gasteiger charge is 2.08. The van der Waals surface area contributed by atoms with Gasteiger partial charge in [0.2, 0.25) is 0 Å². The Balaban J connectivity index is 3.08. The molecule has 0 aromatic heterocycles. The zero-order valence-corrected chi connectivity index (χ0v) is 13.9. The highest BCUT2D eigenvalue weighted by atomic mass is 19.1. The van der Waals surface area contributed by atoms with Crippen molar-refractivity contribution < 1.29 is 4.39 Å². The first-order valence-electron chi connectivity index (χ1n) is 8.14. The van der Waals surface area contributed by atoms with E-state index in [-0.39, 0.29) is 0 Å².